The van der Waals surface area contributed by atoms with Gasteiger partial charge in [0.15, 0.2) is 0 Å². The van der Waals surface area contributed by atoms with Gasteiger partial charge in [-0.15, -0.1) is 11.8 Å². The Morgan fingerprint density at radius 1 is 1.40 bits per heavy atom. The largest absolute Gasteiger partial charge is 0.316 e. The van der Waals surface area contributed by atoms with Gasteiger partial charge in [0.2, 0.25) is 0 Å². The highest BCUT2D eigenvalue weighted by atomic mass is 35.5. The van der Waals surface area contributed by atoms with Gasteiger partial charge >= 0.3 is 0 Å². The van der Waals surface area contributed by atoms with Crippen LogP contribution in [0, 0.1) is 0 Å². The molecule has 1 nitrogen and oxygen atoms in total. The highest BCUT2D eigenvalue weighted by Crippen LogP contribution is 2.30. The molecule has 0 aliphatic heterocycles. The molecule has 0 saturated heterocycles. The number of halogens is 2. The first-order valence-electron chi connectivity index (χ1n) is 4.92. The molecular weight excluding hydrogens is 249 g/mol. The molecule has 1 aromatic rings. The molecular formula is C11H15Cl2NS. The van der Waals surface area contributed by atoms with E-state index in [1.165, 1.54) is 0 Å². The zero-order chi connectivity index (χ0) is 11.3. The zero-order valence-electron chi connectivity index (χ0n) is 8.89. The molecule has 0 aromatic heterocycles. The van der Waals surface area contributed by atoms with Crippen LogP contribution in [0.25, 0.3) is 0 Å². The van der Waals surface area contributed by atoms with Crippen LogP contribution in [0.2, 0.25) is 10.0 Å². The number of nitrogens with one attached hydrogen (secondary N) is 1. The third kappa shape index (κ3) is 4.23. The number of hydrogen-bond donors (Lipinski definition) is 1. The van der Waals surface area contributed by atoms with E-state index in [2.05, 4.69) is 12.2 Å². The average molecular weight is 264 g/mol. The summed E-state index contributed by atoms with van der Waals surface area (Å²) in [5.41, 5.74) is 0. The quantitative estimate of drug-likeness (QED) is 0.804. The Morgan fingerprint density at radius 2 is 2.13 bits per heavy atom. The first-order chi connectivity index (χ1) is 7.17. The number of rotatable bonds is 5. The predicted octanol–water partition coefficient (Wildman–Crippen LogP) is 4.08. The molecule has 0 amide bonds. The molecule has 0 aliphatic carbocycles. The van der Waals surface area contributed by atoms with Crippen LogP contribution in [0.15, 0.2) is 23.1 Å². The Kier molecular flexibility index (Phi) is 5.83. The van der Waals surface area contributed by atoms with Gasteiger partial charge in [-0.25, -0.2) is 0 Å². The smallest absolute Gasteiger partial charge is 0.0542 e. The van der Waals surface area contributed by atoms with Crippen molar-refractivity contribution in [3.8, 4) is 0 Å². The minimum absolute atomic E-state index is 0.519. The SMILES string of the molecule is CCC(CSc1cc(Cl)ccc1Cl)NC. The Hall–Kier alpha value is 0.110. The summed E-state index contributed by atoms with van der Waals surface area (Å²) >= 11 is 13.7. The van der Waals surface area contributed by atoms with Crippen LogP contribution in [-0.4, -0.2) is 18.8 Å². The fourth-order valence-electron chi connectivity index (χ4n) is 1.18. The van der Waals surface area contributed by atoms with Gasteiger partial charge in [-0.2, -0.15) is 0 Å². The normalized spacial score (nSPS) is 12.8. The van der Waals surface area contributed by atoms with E-state index in [9.17, 15) is 0 Å². The number of hydrogen-bond acceptors (Lipinski definition) is 2. The summed E-state index contributed by atoms with van der Waals surface area (Å²) in [6, 6.07) is 6.08. The molecule has 1 aromatic carbocycles. The van der Waals surface area contributed by atoms with Crippen LogP contribution in [0.3, 0.4) is 0 Å². The molecule has 1 N–H and O–H groups in total. The molecule has 0 aliphatic rings. The minimum Gasteiger partial charge on any atom is -0.316 e. The Labute approximate surface area is 106 Å². The lowest BCUT2D eigenvalue weighted by Crippen LogP contribution is -2.26. The molecule has 0 bridgehead atoms. The zero-order valence-corrected chi connectivity index (χ0v) is 11.2. The molecule has 0 fully saturated rings. The van der Waals surface area contributed by atoms with E-state index in [-0.39, 0.29) is 0 Å². The third-order valence-electron chi connectivity index (χ3n) is 2.23. The molecule has 4 heteroatoms. The highest BCUT2D eigenvalue weighted by molar-refractivity contribution is 7.99. The Balaban J connectivity index is 2.60. The van der Waals surface area contributed by atoms with Gasteiger partial charge in [-0.05, 0) is 31.7 Å². The van der Waals surface area contributed by atoms with E-state index in [4.69, 9.17) is 23.2 Å². The molecule has 1 unspecified atom stereocenters. The third-order valence-corrected chi connectivity index (χ3v) is 4.13. The summed E-state index contributed by atoms with van der Waals surface area (Å²) < 4.78 is 0. The van der Waals surface area contributed by atoms with Crippen LogP contribution in [0.5, 0.6) is 0 Å². The second-order valence-corrected chi connectivity index (χ2v) is 5.19. The topological polar surface area (TPSA) is 12.0 Å². The summed E-state index contributed by atoms with van der Waals surface area (Å²) in [7, 11) is 1.98. The van der Waals surface area contributed by atoms with Crippen molar-refractivity contribution in [1.82, 2.24) is 5.32 Å². The highest BCUT2D eigenvalue weighted by Gasteiger charge is 2.06. The summed E-state index contributed by atoms with van der Waals surface area (Å²) in [6.45, 7) is 2.17. The van der Waals surface area contributed by atoms with Crippen molar-refractivity contribution < 1.29 is 0 Å². The van der Waals surface area contributed by atoms with Crippen LogP contribution in [0.4, 0.5) is 0 Å². The second-order valence-electron chi connectivity index (χ2n) is 3.28. The van der Waals surface area contributed by atoms with Crippen LogP contribution >= 0.6 is 35.0 Å². The van der Waals surface area contributed by atoms with E-state index in [0.29, 0.717) is 6.04 Å². The fourth-order valence-corrected chi connectivity index (χ4v) is 2.90. The molecule has 0 spiro atoms. The van der Waals surface area contributed by atoms with Crippen LogP contribution in [-0.2, 0) is 0 Å². The Bertz CT molecular complexity index is 313. The van der Waals surface area contributed by atoms with Gasteiger partial charge < -0.3 is 5.32 Å². The molecule has 0 heterocycles. The lowest BCUT2D eigenvalue weighted by molar-refractivity contribution is 0.602. The van der Waals surface area contributed by atoms with Crippen molar-refractivity contribution in [2.75, 3.05) is 12.8 Å². The fraction of sp³-hybridized carbons (Fsp3) is 0.455. The maximum Gasteiger partial charge on any atom is 0.0542 e. The maximum atomic E-state index is 6.07. The minimum atomic E-state index is 0.519. The van der Waals surface area contributed by atoms with Crippen molar-refractivity contribution in [3.05, 3.63) is 28.2 Å². The van der Waals surface area contributed by atoms with Crippen LogP contribution in [0.1, 0.15) is 13.3 Å². The molecule has 0 saturated carbocycles. The van der Waals surface area contributed by atoms with Crippen molar-refractivity contribution in [3.63, 3.8) is 0 Å². The van der Waals surface area contributed by atoms with Gasteiger partial charge in [0, 0.05) is 21.7 Å². The lowest BCUT2D eigenvalue weighted by atomic mass is 10.3. The summed E-state index contributed by atoms with van der Waals surface area (Å²) in [5, 5.41) is 4.77. The first-order valence-corrected chi connectivity index (χ1v) is 6.66. The van der Waals surface area contributed by atoms with E-state index in [0.717, 1.165) is 27.1 Å². The van der Waals surface area contributed by atoms with Gasteiger partial charge in [0.25, 0.3) is 0 Å². The summed E-state index contributed by atoms with van der Waals surface area (Å²) in [6.07, 6.45) is 1.11. The van der Waals surface area contributed by atoms with Gasteiger partial charge in [-0.3, -0.25) is 0 Å². The van der Waals surface area contributed by atoms with E-state index in [1.54, 1.807) is 11.8 Å². The molecule has 84 valence electrons. The summed E-state index contributed by atoms with van der Waals surface area (Å²) in [5.74, 6) is 1.01. The number of benzene rings is 1. The van der Waals surface area contributed by atoms with E-state index in [1.807, 2.05) is 25.2 Å². The maximum absolute atomic E-state index is 6.07. The number of thioether (sulfide) groups is 1. The molecule has 0 radical (unpaired) electrons. The molecule has 15 heavy (non-hydrogen) atoms. The lowest BCUT2D eigenvalue weighted by Gasteiger charge is -2.13. The van der Waals surface area contributed by atoms with Crippen molar-refractivity contribution >= 4 is 35.0 Å². The van der Waals surface area contributed by atoms with E-state index >= 15 is 0 Å². The van der Waals surface area contributed by atoms with Gasteiger partial charge in [-0.1, -0.05) is 30.1 Å². The average Bonchev–Trinajstić information content (AvgIpc) is 2.24. The van der Waals surface area contributed by atoms with E-state index < -0.39 is 0 Å². The summed E-state index contributed by atoms with van der Waals surface area (Å²) in [4.78, 5) is 1.05. The Morgan fingerprint density at radius 3 is 2.73 bits per heavy atom. The van der Waals surface area contributed by atoms with Crippen molar-refractivity contribution in [2.24, 2.45) is 0 Å². The molecule has 1 rings (SSSR count). The monoisotopic (exact) mass is 263 g/mol. The van der Waals surface area contributed by atoms with Gasteiger partial charge in [0.05, 0.1) is 5.02 Å². The first kappa shape index (κ1) is 13.2. The van der Waals surface area contributed by atoms with Crippen molar-refractivity contribution in [2.45, 2.75) is 24.3 Å². The van der Waals surface area contributed by atoms with Gasteiger partial charge in [0.1, 0.15) is 0 Å². The standard InChI is InChI=1S/C11H15Cl2NS/c1-3-9(14-2)7-15-11-6-8(12)4-5-10(11)13/h4-6,9,14H,3,7H2,1-2H3. The molecule has 1 atom stereocenters. The second kappa shape index (κ2) is 6.64. The predicted molar refractivity (Wildman–Crippen MR) is 70.3 cm³/mol. The van der Waals surface area contributed by atoms with Crippen LogP contribution < -0.4 is 5.32 Å². The van der Waals surface area contributed by atoms with Crippen molar-refractivity contribution in [1.29, 1.82) is 0 Å².